The molecule has 1 aliphatic carbocycles. The molecule has 25 heavy (non-hydrogen) atoms. The van der Waals surface area contributed by atoms with Crippen LogP contribution in [0.2, 0.25) is 0 Å². The summed E-state index contributed by atoms with van der Waals surface area (Å²) < 4.78 is 27.4. The molecule has 1 fully saturated rings. The molecule has 0 aromatic carbocycles. The Balaban J connectivity index is 2.42. The van der Waals surface area contributed by atoms with Gasteiger partial charge in [0.2, 0.25) is 5.78 Å². The maximum Gasteiger partial charge on any atom is 0.309 e. The molecule has 0 spiro atoms. The maximum atomic E-state index is 13.7. The lowest BCUT2D eigenvalue weighted by Crippen LogP contribution is -2.26. The summed E-state index contributed by atoms with van der Waals surface area (Å²) in [4.78, 5) is 22.1. The molecule has 5 heteroatoms. The van der Waals surface area contributed by atoms with E-state index in [-0.39, 0.29) is 18.8 Å². The van der Waals surface area contributed by atoms with Crippen LogP contribution in [-0.4, -0.2) is 22.8 Å². The Labute approximate surface area is 149 Å². The molecule has 142 valence electrons. The molecule has 0 bridgehead atoms. The number of carbonyl (C=O) groups is 2. The second-order valence-electron chi connectivity index (χ2n) is 6.88. The fraction of sp³-hybridized carbons (Fsp3) is 0.700. The van der Waals surface area contributed by atoms with Crippen molar-refractivity contribution < 1.29 is 23.5 Å². The van der Waals surface area contributed by atoms with Gasteiger partial charge in [-0.15, -0.1) is 0 Å². The number of carboxylic acid groups (broad SMARTS) is 1. The fourth-order valence-electron chi connectivity index (χ4n) is 3.23. The minimum atomic E-state index is -3.25. The van der Waals surface area contributed by atoms with Gasteiger partial charge in [-0.25, -0.2) is 0 Å². The molecular weight excluding hydrogens is 326 g/mol. The van der Waals surface area contributed by atoms with Crippen molar-refractivity contribution in [2.45, 2.75) is 77.1 Å². The van der Waals surface area contributed by atoms with Crippen molar-refractivity contribution in [1.29, 1.82) is 0 Å². The smallest absolute Gasteiger partial charge is 0.309 e. The number of carbonyl (C=O) groups excluding carboxylic acids is 1. The molecule has 1 rings (SSSR count). The van der Waals surface area contributed by atoms with Crippen LogP contribution in [-0.2, 0) is 9.59 Å². The maximum absolute atomic E-state index is 13.7. The van der Waals surface area contributed by atoms with Crippen LogP contribution in [0.25, 0.3) is 0 Å². The van der Waals surface area contributed by atoms with Crippen LogP contribution in [0, 0.1) is 11.8 Å². The number of carboxylic acids is 1. The molecule has 0 aliphatic heterocycles. The first-order chi connectivity index (χ1) is 11.9. The fourth-order valence-corrected chi connectivity index (χ4v) is 3.23. The van der Waals surface area contributed by atoms with Crippen molar-refractivity contribution in [1.82, 2.24) is 0 Å². The highest BCUT2D eigenvalue weighted by molar-refractivity contribution is 5.95. The number of alkyl halides is 2. The molecule has 0 heterocycles. The van der Waals surface area contributed by atoms with Crippen molar-refractivity contribution in [3.63, 3.8) is 0 Å². The van der Waals surface area contributed by atoms with Gasteiger partial charge in [-0.3, -0.25) is 9.59 Å². The second kappa shape index (κ2) is 11.2. The van der Waals surface area contributed by atoms with E-state index >= 15 is 0 Å². The SMILES string of the molecule is CCCCC(F)(F)C(=O)/C=C/[C@H]1CCC[C@@H]1C/C=C\CCCC(=O)O. The Morgan fingerprint density at radius 3 is 2.64 bits per heavy atom. The Morgan fingerprint density at radius 1 is 1.20 bits per heavy atom. The average molecular weight is 356 g/mol. The average Bonchev–Trinajstić information content (AvgIpc) is 3.01. The molecule has 0 amide bonds. The molecule has 0 saturated heterocycles. The van der Waals surface area contributed by atoms with E-state index < -0.39 is 17.7 Å². The lowest BCUT2D eigenvalue weighted by atomic mass is 9.91. The Bertz CT molecular complexity index is 483. The summed E-state index contributed by atoms with van der Waals surface area (Å²) in [6, 6.07) is 0. The van der Waals surface area contributed by atoms with E-state index in [1.165, 1.54) is 0 Å². The van der Waals surface area contributed by atoms with Crippen LogP contribution in [0.1, 0.15) is 71.1 Å². The van der Waals surface area contributed by atoms with Gasteiger partial charge in [-0.05, 0) is 56.4 Å². The number of ketones is 1. The number of halogens is 2. The van der Waals surface area contributed by atoms with E-state index in [1.54, 1.807) is 6.08 Å². The first-order valence-electron chi connectivity index (χ1n) is 9.34. The number of aliphatic carboxylic acids is 1. The van der Waals surface area contributed by atoms with Crippen LogP contribution in [0.4, 0.5) is 8.78 Å². The lowest BCUT2D eigenvalue weighted by Gasteiger charge is -2.15. The zero-order chi connectivity index (χ0) is 18.7. The zero-order valence-corrected chi connectivity index (χ0v) is 15.1. The van der Waals surface area contributed by atoms with E-state index in [0.29, 0.717) is 25.2 Å². The van der Waals surface area contributed by atoms with Gasteiger partial charge in [0.05, 0.1) is 0 Å². The van der Waals surface area contributed by atoms with Gasteiger partial charge in [-0.2, -0.15) is 8.78 Å². The van der Waals surface area contributed by atoms with Gasteiger partial charge in [0.1, 0.15) is 0 Å². The summed E-state index contributed by atoms with van der Waals surface area (Å²) in [5.74, 6) is -4.55. The van der Waals surface area contributed by atoms with Crippen LogP contribution in [0.5, 0.6) is 0 Å². The van der Waals surface area contributed by atoms with Crippen molar-refractivity contribution >= 4 is 11.8 Å². The third-order valence-electron chi connectivity index (χ3n) is 4.78. The van der Waals surface area contributed by atoms with Crippen molar-refractivity contribution in [3.05, 3.63) is 24.3 Å². The molecule has 3 nitrogen and oxygen atoms in total. The van der Waals surface area contributed by atoms with Crippen molar-refractivity contribution in [2.24, 2.45) is 11.8 Å². The molecule has 0 aromatic rings. The van der Waals surface area contributed by atoms with Crippen LogP contribution < -0.4 is 0 Å². The molecule has 0 unspecified atom stereocenters. The minimum absolute atomic E-state index is 0.174. The van der Waals surface area contributed by atoms with Gasteiger partial charge in [0, 0.05) is 12.8 Å². The summed E-state index contributed by atoms with van der Waals surface area (Å²) in [6.45, 7) is 1.83. The Kier molecular flexibility index (Phi) is 9.61. The topological polar surface area (TPSA) is 54.4 Å². The third kappa shape index (κ3) is 8.41. The predicted octanol–water partition coefficient (Wildman–Crippen LogP) is 5.55. The Morgan fingerprint density at radius 2 is 1.96 bits per heavy atom. The number of hydrogen-bond acceptors (Lipinski definition) is 2. The number of unbranched alkanes of at least 4 members (excludes halogenated alkanes) is 2. The third-order valence-corrected chi connectivity index (χ3v) is 4.78. The molecule has 0 radical (unpaired) electrons. The summed E-state index contributed by atoms with van der Waals surface area (Å²) in [5.41, 5.74) is 0. The van der Waals surface area contributed by atoms with Gasteiger partial charge in [0.15, 0.2) is 0 Å². The van der Waals surface area contributed by atoms with Gasteiger partial charge >= 0.3 is 11.9 Å². The minimum Gasteiger partial charge on any atom is -0.481 e. The highest BCUT2D eigenvalue weighted by atomic mass is 19.3. The molecular formula is C20H30F2O3. The van der Waals surface area contributed by atoms with E-state index in [4.69, 9.17) is 5.11 Å². The summed E-state index contributed by atoms with van der Waals surface area (Å²) in [6.07, 6.45) is 12.8. The molecule has 2 atom stereocenters. The summed E-state index contributed by atoms with van der Waals surface area (Å²) in [5, 5.41) is 8.57. The van der Waals surface area contributed by atoms with Crippen LogP contribution in [0.3, 0.4) is 0 Å². The number of allylic oxidation sites excluding steroid dienone is 4. The van der Waals surface area contributed by atoms with Gasteiger partial charge in [0.25, 0.3) is 0 Å². The van der Waals surface area contributed by atoms with E-state index in [9.17, 15) is 18.4 Å². The van der Waals surface area contributed by atoms with Gasteiger partial charge < -0.3 is 5.11 Å². The van der Waals surface area contributed by atoms with Crippen molar-refractivity contribution in [3.8, 4) is 0 Å². The van der Waals surface area contributed by atoms with E-state index in [0.717, 1.165) is 38.2 Å². The molecule has 1 saturated carbocycles. The van der Waals surface area contributed by atoms with E-state index in [1.807, 2.05) is 13.0 Å². The number of hydrogen-bond donors (Lipinski definition) is 1. The zero-order valence-electron chi connectivity index (χ0n) is 15.1. The lowest BCUT2D eigenvalue weighted by molar-refractivity contribution is -0.138. The largest absolute Gasteiger partial charge is 0.481 e. The standard InChI is InChI=1S/C20H30F2O3/c1-2-3-15-20(21,22)18(23)14-13-17-11-8-10-16(17)9-6-4-5-7-12-19(24)25/h4,6,13-14,16-17H,2-3,5,7-12,15H2,1H3,(H,24,25)/b6-4-,14-13+/t16-,17+/m0/s1. The number of rotatable bonds is 12. The normalized spacial score (nSPS) is 21.4. The Hall–Kier alpha value is -1.52. The monoisotopic (exact) mass is 356 g/mol. The quantitative estimate of drug-likeness (QED) is 0.283. The van der Waals surface area contributed by atoms with E-state index in [2.05, 4.69) is 6.08 Å². The first kappa shape index (κ1) is 21.5. The van der Waals surface area contributed by atoms with Gasteiger partial charge in [-0.1, -0.05) is 38.0 Å². The highest BCUT2D eigenvalue weighted by Crippen LogP contribution is 2.35. The van der Waals surface area contributed by atoms with Crippen molar-refractivity contribution in [2.75, 3.05) is 0 Å². The molecule has 0 aromatic heterocycles. The molecule has 1 aliphatic rings. The predicted molar refractivity (Wildman–Crippen MR) is 94.7 cm³/mol. The van der Waals surface area contributed by atoms with Crippen LogP contribution >= 0.6 is 0 Å². The summed E-state index contributed by atoms with van der Waals surface area (Å²) in [7, 11) is 0. The molecule has 1 N–H and O–H groups in total. The second-order valence-corrected chi connectivity index (χ2v) is 6.88. The first-order valence-corrected chi connectivity index (χ1v) is 9.34. The summed E-state index contributed by atoms with van der Waals surface area (Å²) >= 11 is 0. The van der Waals surface area contributed by atoms with Crippen LogP contribution in [0.15, 0.2) is 24.3 Å². The highest BCUT2D eigenvalue weighted by Gasteiger charge is 2.36.